The van der Waals surface area contributed by atoms with E-state index in [1.165, 1.54) is 26.1 Å². The molecule has 0 radical (unpaired) electrons. The summed E-state index contributed by atoms with van der Waals surface area (Å²) in [4.78, 5) is 9.39. The molecule has 0 aromatic carbocycles. The maximum absolute atomic E-state index is 4.52. The van der Waals surface area contributed by atoms with Gasteiger partial charge in [0, 0.05) is 32.1 Å². The van der Waals surface area contributed by atoms with Crippen LogP contribution in [0.25, 0.3) is 0 Å². The van der Waals surface area contributed by atoms with E-state index in [1.54, 1.807) is 0 Å². The van der Waals surface area contributed by atoms with E-state index in [9.17, 15) is 0 Å². The number of rotatable bonds is 1. The van der Waals surface area contributed by atoms with Crippen molar-refractivity contribution >= 4 is 15.5 Å². The maximum atomic E-state index is 4.52. The zero-order valence-electron chi connectivity index (χ0n) is 7.32. The van der Waals surface area contributed by atoms with E-state index in [0.717, 1.165) is 12.7 Å². The number of hydrogen-bond acceptors (Lipinski definition) is 3. The summed E-state index contributed by atoms with van der Waals surface area (Å²) in [6.45, 7) is 3.61. The highest BCUT2D eigenvalue weighted by Crippen LogP contribution is 2.18. The van der Waals surface area contributed by atoms with E-state index in [-0.39, 0.29) is 0 Å². The van der Waals surface area contributed by atoms with E-state index >= 15 is 0 Å². The van der Waals surface area contributed by atoms with Crippen molar-refractivity contribution in [1.29, 1.82) is 0 Å². The molecule has 1 saturated heterocycles. The Labute approximate surface area is 76.0 Å². The number of aliphatic imine (C=N–C) groups is 1. The summed E-state index contributed by atoms with van der Waals surface area (Å²) in [6.07, 6.45) is 5.88. The monoisotopic (exact) mass is 185 g/mol. The Morgan fingerprint density at radius 1 is 1.42 bits per heavy atom. The summed E-state index contributed by atoms with van der Waals surface area (Å²) in [5, 5.41) is 0. The molecule has 0 N–H and O–H groups in total. The molecular weight excluding hydrogens is 169 g/mol. The molecule has 0 amide bonds. The first-order valence-electron chi connectivity index (χ1n) is 4.61. The third-order valence-electron chi connectivity index (χ3n) is 2.56. The maximum Gasteiger partial charge on any atom is 0.158 e. The van der Waals surface area contributed by atoms with Crippen molar-refractivity contribution in [2.24, 2.45) is 4.99 Å². The normalized spacial score (nSPS) is 31.9. The van der Waals surface area contributed by atoms with Crippen LogP contribution in [0.15, 0.2) is 4.99 Å². The Hall–Kier alpha value is 0.0200. The van der Waals surface area contributed by atoms with Gasteiger partial charge in [0.2, 0.25) is 0 Å². The third kappa shape index (κ3) is 1.54. The van der Waals surface area contributed by atoms with Crippen molar-refractivity contribution in [3.8, 4) is 0 Å². The van der Waals surface area contributed by atoms with Gasteiger partial charge in [-0.15, -0.1) is 9.24 Å². The number of nitrogens with zero attached hydrogens (tertiary/aromatic N) is 3. The molecule has 3 nitrogen and oxygen atoms in total. The molecule has 12 heavy (non-hydrogen) atoms. The van der Waals surface area contributed by atoms with Crippen molar-refractivity contribution in [2.45, 2.75) is 19.1 Å². The van der Waals surface area contributed by atoms with Crippen molar-refractivity contribution in [3.63, 3.8) is 0 Å². The predicted molar refractivity (Wildman–Crippen MR) is 54.4 cm³/mol. The van der Waals surface area contributed by atoms with Crippen LogP contribution in [0.5, 0.6) is 0 Å². The van der Waals surface area contributed by atoms with Crippen molar-refractivity contribution < 1.29 is 0 Å². The lowest BCUT2D eigenvalue weighted by Crippen LogP contribution is -2.53. The predicted octanol–water partition coefficient (Wildman–Crippen LogP) is 0.585. The average Bonchev–Trinajstić information content (AvgIpc) is 2.17. The molecule has 0 aromatic heterocycles. The summed E-state index contributed by atoms with van der Waals surface area (Å²) in [6, 6.07) is 0. The van der Waals surface area contributed by atoms with Gasteiger partial charge in [0.25, 0.3) is 0 Å². The Balaban J connectivity index is 2.07. The lowest BCUT2D eigenvalue weighted by molar-refractivity contribution is 0.0207. The summed E-state index contributed by atoms with van der Waals surface area (Å²) in [5.74, 6) is 0. The molecule has 0 aromatic rings. The highest BCUT2D eigenvalue weighted by molar-refractivity contribution is 7.16. The molecule has 0 aliphatic carbocycles. The van der Waals surface area contributed by atoms with Crippen LogP contribution in [0, 0.1) is 0 Å². The first kappa shape index (κ1) is 8.61. The van der Waals surface area contributed by atoms with Gasteiger partial charge in [0.05, 0.1) is 0 Å². The number of hydrogen-bond donors (Lipinski definition) is 0. The Kier molecular flexibility index (Phi) is 2.74. The molecule has 2 heterocycles. The summed E-state index contributed by atoms with van der Waals surface area (Å²) < 4.78 is 0. The second-order valence-electron chi connectivity index (χ2n) is 3.35. The Bertz CT molecular complexity index is 183. The van der Waals surface area contributed by atoms with Gasteiger partial charge in [0.1, 0.15) is 0 Å². The second-order valence-corrected chi connectivity index (χ2v) is 3.72. The molecule has 2 aliphatic heterocycles. The van der Waals surface area contributed by atoms with E-state index in [0.29, 0.717) is 6.29 Å². The molecule has 1 fully saturated rings. The van der Waals surface area contributed by atoms with Crippen LogP contribution in [-0.4, -0.2) is 48.2 Å². The molecule has 2 unspecified atom stereocenters. The molecule has 2 aliphatic rings. The van der Waals surface area contributed by atoms with E-state index in [1.807, 2.05) is 0 Å². The second kappa shape index (κ2) is 3.82. The summed E-state index contributed by atoms with van der Waals surface area (Å²) >= 11 is 0. The van der Waals surface area contributed by atoms with Crippen LogP contribution in [0.2, 0.25) is 0 Å². The van der Waals surface area contributed by atoms with Crippen molar-refractivity contribution in [2.75, 3.05) is 25.9 Å². The Morgan fingerprint density at radius 3 is 3.17 bits per heavy atom. The van der Waals surface area contributed by atoms with Gasteiger partial charge in [-0.05, 0) is 12.8 Å². The highest BCUT2D eigenvalue weighted by atomic mass is 31.0. The van der Waals surface area contributed by atoms with Crippen LogP contribution >= 0.6 is 9.24 Å². The van der Waals surface area contributed by atoms with E-state index in [2.05, 4.69) is 30.2 Å². The van der Waals surface area contributed by atoms with Crippen LogP contribution < -0.4 is 0 Å². The molecule has 2 rings (SSSR count). The van der Waals surface area contributed by atoms with Crippen molar-refractivity contribution in [3.05, 3.63) is 0 Å². The minimum Gasteiger partial charge on any atom is -0.269 e. The fourth-order valence-electron chi connectivity index (χ4n) is 1.93. The fourth-order valence-corrected chi connectivity index (χ4v) is 2.30. The van der Waals surface area contributed by atoms with Gasteiger partial charge in [-0.1, -0.05) is 0 Å². The van der Waals surface area contributed by atoms with Gasteiger partial charge in [0.15, 0.2) is 6.29 Å². The highest BCUT2D eigenvalue weighted by Gasteiger charge is 2.28. The van der Waals surface area contributed by atoms with Gasteiger partial charge in [-0.25, -0.2) is 0 Å². The molecule has 4 heteroatoms. The standard InChI is InChI=1S/C8H16N3P/c12-7-11-6-2-5-10-4-1-3-9-8(10)11/h3,8H,1-2,4-7,12H2. The van der Waals surface area contributed by atoms with Crippen LogP contribution in [0.1, 0.15) is 12.8 Å². The SMILES string of the molecule is PCN1CCCN2CCC=NC12. The van der Waals surface area contributed by atoms with E-state index < -0.39 is 0 Å². The molecule has 0 bridgehead atoms. The van der Waals surface area contributed by atoms with Crippen LogP contribution in [0.4, 0.5) is 0 Å². The first-order valence-corrected chi connectivity index (χ1v) is 5.43. The first-order chi connectivity index (χ1) is 5.92. The van der Waals surface area contributed by atoms with Crippen molar-refractivity contribution in [1.82, 2.24) is 9.80 Å². The molecule has 2 atom stereocenters. The minimum atomic E-state index is 0.352. The van der Waals surface area contributed by atoms with Crippen LogP contribution in [0.3, 0.4) is 0 Å². The smallest absolute Gasteiger partial charge is 0.158 e. The van der Waals surface area contributed by atoms with Crippen LogP contribution in [-0.2, 0) is 0 Å². The quantitative estimate of drug-likeness (QED) is 0.557. The fraction of sp³-hybridized carbons (Fsp3) is 0.875. The average molecular weight is 185 g/mol. The van der Waals surface area contributed by atoms with Gasteiger partial charge in [-0.3, -0.25) is 14.8 Å². The Morgan fingerprint density at radius 2 is 2.33 bits per heavy atom. The number of fused-ring (bicyclic) bond motifs is 1. The third-order valence-corrected chi connectivity index (χ3v) is 3.03. The van der Waals surface area contributed by atoms with Gasteiger partial charge >= 0.3 is 0 Å². The van der Waals surface area contributed by atoms with Gasteiger partial charge < -0.3 is 0 Å². The summed E-state index contributed by atoms with van der Waals surface area (Å²) in [7, 11) is 2.79. The van der Waals surface area contributed by atoms with Gasteiger partial charge in [-0.2, -0.15) is 0 Å². The lowest BCUT2D eigenvalue weighted by Gasteiger charge is -2.42. The topological polar surface area (TPSA) is 18.8 Å². The zero-order valence-corrected chi connectivity index (χ0v) is 8.47. The van der Waals surface area contributed by atoms with E-state index in [4.69, 9.17) is 0 Å². The zero-order chi connectivity index (χ0) is 8.39. The molecule has 68 valence electrons. The lowest BCUT2D eigenvalue weighted by atomic mass is 10.2. The minimum absolute atomic E-state index is 0.352. The largest absolute Gasteiger partial charge is 0.269 e. The summed E-state index contributed by atoms with van der Waals surface area (Å²) in [5.41, 5.74) is 0. The molecule has 0 spiro atoms. The molecular formula is C8H16N3P. The molecule has 0 saturated carbocycles.